The Bertz CT molecular complexity index is 1030. The Kier molecular flexibility index (Phi) is 4.79. The summed E-state index contributed by atoms with van der Waals surface area (Å²) in [7, 11) is -4.02. The highest BCUT2D eigenvalue weighted by Gasteiger charge is 2.77. The second-order valence-electron chi connectivity index (χ2n) is 6.51. The Morgan fingerprint density at radius 3 is 2.48 bits per heavy atom. The largest absolute Gasteiger partial charge is 0.465 e. The number of benzene rings is 2. The van der Waals surface area contributed by atoms with E-state index in [1.807, 2.05) is 13.0 Å². The van der Waals surface area contributed by atoms with Gasteiger partial charge in [-0.25, -0.2) is 12.8 Å². The molecule has 0 spiro atoms. The minimum atomic E-state index is -4.02. The van der Waals surface area contributed by atoms with Crippen LogP contribution in [0.1, 0.15) is 24.0 Å². The van der Waals surface area contributed by atoms with Crippen LogP contribution < -0.4 is 0 Å². The zero-order valence-corrected chi connectivity index (χ0v) is 15.7. The molecule has 1 aliphatic carbocycles. The zero-order valence-electron chi connectivity index (χ0n) is 14.8. The van der Waals surface area contributed by atoms with E-state index in [1.54, 1.807) is 19.1 Å². The lowest BCUT2D eigenvalue weighted by molar-refractivity contribution is -0.147. The van der Waals surface area contributed by atoms with Gasteiger partial charge < -0.3 is 4.74 Å². The molecule has 0 aromatic heterocycles. The van der Waals surface area contributed by atoms with Crippen molar-refractivity contribution in [3.63, 3.8) is 0 Å². The Morgan fingerprint density at radius 1 is 1.26 bits per heavy atom. The van der Waals surface area contributed by atoms with Crippen molar-refractivity contribution in [1.29, 1.82) is 5.26 Å². The number of hydrogen-bond acceptors (Lipinski definition) is 5. The predicted molar refractivity (Wildman–Crippen MR) is 96.0 cm³/mol. The first kappa shape index (κ1) is 19.1. The molecule has 0 bridgehead atoms. The van der Waals surface area contributed by atoms with Crippen molar-refractivity contribution in [1.82, 2.24) is 0 Å². The third kappa shape index (κ3) is 3.00. The van der Waals surface area contributed by atoms with Crippen molar-refractivity contribution >= 4 is 15.8 Å². The summed E-state index contributed by atoms with van der Waals surface area (Å²) in [5.74, 6) is -2.47. The van der Waals surface area contributed by atoms with Gasteiger partial charge in [-0.2, -0.15) is 5.26 Å². The molecule has 0 heterocycles. The summed E-state index contributed by atoms with van der Waals surface area (Å²) in [5.41, 5.74) is -0.735. The van der Waals surface area contributed by atoms with Crippen LogP contribution in [-0.4, -0.2) is 26.2 Å². The van der Waals surface area contributed by atoms with Crippen molar-refractivity contribution < 1.29 is 22.3 Å². The highest BCUT2D eigenvalue weighted by Crippen LogP contribution is 2.64. The highest BCUT2D eigenvalue weighted by molar-refractivity contribution is 7.92. The van der Waals surface area contributed by atoms with Crippen LogP contribution in [0.3, 0.4) is 0 Å². The van der Waals surface area contributed by atoms with E-state index >= 15 is 0 Å². The number of esters is 1. The first-order valence-electron chi connectivity index (χ1n) is 8.43. The monoisotopic (exact) mass is 387 g/mol. The number of nitrogens with zero attached hydrogens (tertiary/aromatic N) is 1. The number of ether oxygens (including phenoxy) is 1. The van der Waals surface area contributed by atoms with Gasteiger partial charge in [0.2, 0.25) is 0 Å². The highest BCUT2D eigenvalue weighted by atomic mass is 32.2. The summed E-state index contributed by atoms with van der Waals surface area (Å²) in [4.78, 5) is 12.6. The first-order valence-corrected chi connectivity index (χ1v) is 9.98. The minimum Gasteiger partial charge on any atom is -0.465 e. The molecule has 27 heavy (non-hydrogen) atoms. The minimum absolute atomic E-state index is 0.00936. The van der Waals surface area contributed by atoms with Crippen LogP contribution in [0.25, 0.3) is 0 Å². The van der Waals surface area contributed by atoms with E-state index in [9.17, 15) is 22.9 Å². The maximum atomic E-state index is 13.7. The molecule has 1 saturated carbocycles. The van der Waals surface area contributed by atoms with E-state index in [0.29, 0.717) is 0 Å². The van der Waals surface area contributed by atoms with Gasteiger partial charge in [0, 0.05) is 5.92 Å². The van der Waals surface area contributed by atoms with Gasteiger partial charge >= 0.3 is 5.97 Å². The van der Waals surface area contributed by atoms with Gasteiger partial charge in [0.25, 0.3) is 0 Å². The van der Waals surface area contributed by atoms with Crippen LogP contribution in [0.2, 0.25) is 0 Å². The van der Waals surface area contributed by atoms with Gasteiger partial charge in [0.05, 0.1) is 17.6 Å². The van der Waals surface area contributed by atoms with Gasteiger partial charge in [0.1, 0.15) is 11.1 Å². The molecule has 0 radical (unpaired) electrons. The number of hydrogen-bond donors (Lipinski definition) is 0. The molecule has 1 fully saturated rings. The quantitative estimate of drug-likeness (QED) is 0.736. The Morgan fingerprint density at radius 2 is 1.93 bits per heavy atom. The van der Waals surface area contributed by atoms with Gasteiger partial charge in [-0.3, -0.25) is 4.79 Å². The molecule has 0 aliphatic heterocycles. The average Bonchev–Trinajstić information content (AvgIpc) is 3.34. The fraction of sp³-hybridized carbons (Fsp3) is 0.300. The molecule has 0 unspecified atom stereocenters. The lowest BCUT2D eigenvalue weighted by Gasteiger charge is -2.09. The number of carbonyl (C=O) groups is 1. The summed E-state index contributed by atoms with van der Waals surface area (Å²) in [6.07, 6.45) is 0. The summed E-state index contributed by atoms with van der Waals surface area (Å²) >= 11 is 0. The Balaban J connectivity index is 2.14. The Hall–Kier alpha value is -2.72. The van der Waals surface area contributed by atoms with Gasteiger partial charge in [-0.05, 0) is 43.7 Å². The van der Waals surface area contributed by atoms with Crippen LogP contribution in [-0.2, 0) is 19.4 Å². The molecule has 2 aromatic rings. The number of sulfone groups is 1. The molecular formula is C20H18FNO4S. The molecular weight excluding hydrogens is 369 g/mol. The van der Waals surface area contributed by atoms with Gasteiger partial charge in [-0.15, -0.1) is 0 Å². The van der Waals surface area contributed by atoms with Crippen molar-refractivity contribution in [3.05, 3.63) is 65.5 Å². The third-order valence-corrected chi connectivity index (χ3v) is 7.06. The predicted octanol–water partition coefficient (Wildman–Crippen LogP) is 3.15. The fourth-order valence-electron chi connectivity index (χ4n) is 3.46. The van der Waals surface area contributed by atoms with E-state index in [2.05, 4.69) is 0 Å². The second-order valence-corrected chi connectivity index (χ2v) is 8.58. The number of carbonyl (C=O) groups excluding carboxylic acids is 1. The number of aryl methyl sites for hydroxylation is 1. The summed E-state index contributed by atoms with van der Waals surface area (Å²) < 4.78 is 45.1. The molecule has 0 saturated heterocycles. The first-order chi connectivity index (χ1) is 12.8. The summed E-state index contributed by atoms with van der Waals surface area (Å²) in [5, 5.41) is 8.44. The third-order valence-electron chi connectivity index (χ3n) is 4.82. The molecule has 3 rings (SSSR count). The molecule has 2 aromatic carbocycles. The van der Waals surface area contributed by atoms with Crippen LogP contribution in [0.5, 0.6) is 0 Å². The molecule has 1 aliphatic rings. The van der Waals surface area contributed by atoms with Crippen LogP contribution in [0.15, 0.2) is 53.4 Å². The van der Waals surface area contributed by atoms with E-state index in [0.717, 1.165) is 11.6 Å². The Labute approximate surface area is 157 Å². The van der Waals surface area contributed by atoms with Crippen LogP contribution in [0, 0.1) is 29.5 Å². The van der Waals surface area contributed by atoms with E-state index < -0.39 is 38.2 Å². The van der Waals surface area contributed by atoms with Crippen molar-refractivity contribution in [3.8, 4) is 6.07 Å². The fourth-order valence-corrected chi connectivity index (χ4v) is 5.71. The molecule has 0 N–H and O–H groups in total. The summed E-state index contributed by atoms with van der Waals surface area (Å²) in [6.45, 7) is 3.41. The molecule has 5 nitrogen and oxygen atoms in total. The van der Waals surface area contributed by atoms with Crippen molar-refractivity contribution in [2.75, 3.05) is 6.61 Å². The maximum absolute atomic E-state index is 13.7. The topological polar surface area (TPSA) is 84.2 Å². The maximum Gasteiger partial charge on any atom is 0.328 e. The number of nitriles is 1. The van der Waals surface area contributed by atoms with Crippen LogP contribution >= 0.6 is 0 Å². The van der Waals surface area contributed by atoms with E-state index in [-0.39, 0.29) is 17.1 Å². The van der Waals surface area contributed by atoms with Gasteiger partial charge in [-0.1, -0.05) is 29.8 Å². The smallest absolute Gasteiger partial charge is 0.328 e. The van der Waals surface area contributed by atoms with Crippen molar-refractivity contribution in [2.45, 2.75) is 29.9 Å². The van der Waals surface area contributed by atoms with E-state index in [4.69, 9.17) is 4.74 Å². The van der Waals surface area contributed by atoms with Gasteiger partial charge in [0.15, 0.2) is 15.3 Å². The normalized spacial score (nSPS) is 24.1. The van der Waals surface area contributed by atoms with Crippen LogP contribution in [0.4, 0.5) is 4.39 Å². The lowest BCUT2D eigenvalue weighted by Crippen LogP contribution is -2.25. The molecule has 7 heteroatoms. The average molecular weight is 387 g/mol. The standard InChI is InChI=1S/C20H18FNO4S/c1-3-26-19(23)20(12-22)17(14-5-4-6-15(21)11-14)18(20)27(24,25)16-9-7-13(2)8-10-16/h4-11,17-18H,3H2,1-2H3/t17-,18-,20-/m1/s1. The molecule has 0 amide bonds. The molecule has 3 atom stereocenters. The number of halogens is 1. The zero-order chi connectivity index (χ0) is 19.8. The summed E-state index contributed by atoms with van der Waals surface area (Å²) in [6, 6.07) is 13.3. The second kappa shape index (κ2) is 6.78. The van der Waals surface area contributed by atoms with Crippen molar-refractivity contribution in [2.24, 2.45) is 5.41 Å². The SMILES string of the molecule is CCOC(=O)[C@]1(C#N)[C@H](c2cccc(F)c2)[C@H]1S(=O)(=O)c1ccc(C)cc1. The van der Waals surface area contributed by atoms with E-state index in [1.165, 1.54) is 30.3 Å². The molecule has 140 valence electrons. The lowest BCUT2D eigenvalue weighted by atomic mass is 10.0. The number of rotatable bonds is 5.